The Kier molecular flexibility index (Phi) is 4.99. The van der Waals surface area contributed by atoms with Gasteiger partial charge in [-0.1, -0.05) is 19.3 Å². The largest absolute Gasteiger partial charge is 0.385 e. The van der Waals surface area contributed by atoms with E-state index < -0.39 is 6.10 Å². The van der Waals surface area contributed by atoms with Crippen LogP contribution in [0.5, 0.6) is 0 Å². The molecule has 1 atom stereocenters. The van der Waals surface area contributed by atoms with Gasteiger partial charge in [0.2, 0.25) is 0 Å². The summed E-state index contributed by atoms with van der Waals surface area (Å²) in [6, 6.07) is 0. The van der Waals surface area contributed by atoms with Crippen LogP contribution in [0, 0.1) is 11.8 Å². The first kappa shape index (κ1) is 13.0. The lowest BCUT2D eigenvalue weighted by Gasteiger charge is -2.27. The van der Waals surface area contributed by atoms with Gasteiger partial charge in [-0.25, -0.2) is 0 Å². The van der Waals surface area contributed by atoms with Gasteiger partial charge in [0, 0.05) is 19.6 Å². The van der Waals surface area contributed by atoms with Crippen molar-refractivity contribution in [2.75, 3.05) is 13.2 Å². The Hall–Kier alpha value is -0.410. The van der Waals surface area contributed by atoms with Crippen molar-refractivity contribution in [2.45, 2.75) is 57.5 Å². The molecule has 2 rings (SSSR count). The number of ketones is 1. The lowest BCUT2D eigenvalue weighted by Crippen LogP contribution is -2.33. The third kappa shape index (κ3) is 3.78. The van der Waals surface area contributed by atoms with E-state index in [0.29, 0.717) is 12.3 Å². The van der Waals surface area contributed by atoms with E-state index in [0.717, 1.165) is 38.9 Å². The van der Waals surface area contributed by atoms with Crippen LogP contribution in [0.4, 0.5) is 0 Å². The predicted molar refractivity (Wildman–Crippen MR) is 65.7 cm³/mol. The van der Waals surface area contributed by atoms with E-state index in [-0.39, 0.29) is 11.7 Å². The zero-order valence-corrected chi connectivity index (χ0v) is 10.6. The van der Waals surface area contributed by atoms with Gasteiger partial charge in [-0.15, -0.1) is 0 Å². The average Bonchev–Trinajstić information content (AvgIpc) is 2.40. The molecule has 98 valence electrons. The van der Waals surface area contributed by atoms with Gasteiger partial charge in [0.1, 0.15) is 6.10 Å². The molecule has 1 saturated heterocycles. The summed E-state index contributed by atoms with van der Waals surface area (Å²) in [7, 11) is 0. The number of Topliss-reactive ketones (excluding diaryl/α,β-unsaturated/α-hetero) is 1. The summed E-state index contributed by atoms with van der Waals surface area (Å²) in [6.45, 7) is 1.55. The molecule has 1 aliphatic heterocycles. The molecule has 17 heavy (non-hydrogen) atoms. The highest BCUT2D eigenvalue weighted by Gasteiger charge is 2.29. The Morgan fingerprint density at radius 3 is 2.41 bits per heavy atom. The van der Waals surface area contributed by atoms with Crippen molar-refractivity contribution in [3.63, 3.8) is 0 Å². The van der Waals surface area contributed by atoms with Crippen molar-refractivity contribution < 1.29 is 14.6 Å². The molecule has 1 aliphatic carbocycles. The van der Waals surface area contributed by atoms with E-state index in [2.05, 4.69) is 0 Å². The van der Waals surface area contributed by atoms with Crippen molar-refractivity contribution in [3.05, 3.63) is 0 Å². The topological polar surface area (TPSA) is 46.5 Å². The highest BCUT2D eigenvalue weighted by atomic mass is 16.5. The van der Waals surface area contributed by atoms with Crippen LogP contribution >= 0.6 is 0 Å². The summed E-state index contributed by atoms with van der Waals surface area (Å²) in [5.41, 5.74) is 0. The lowest BCUT2D eigenvalue weighted by molar-refractivity contribution is -0.132. The molecule has 1 saturated carbocycles. The van der Waals surface area contributed by atoms with Crippen molar-refractivity contribution >= 4 is 5.78 Å². The molecule has 3 heteroatoms. The summed E-state index contributed by atoms with van der Waals surface area (Å²) < 4.78 is 5.28. The minimum Gasteiger partial charge on any atom is -0.385 e. The van der Waals surface area contributed by atoms with Gasteiger partial charge in [-0.3, -0.25) is 4.79 Å². The molecule has 0 spiro atoms. The lowest BCUT2D eigenvalue weighted by atomic mass is 9.81. The normalized spacial score (nSPS) is 25.7. The highest BCUT2D eigenvalue weighted by Crippen LogP contribution is 2.28. The van der Waals surface area contributed by atoms with E-state index >= 15 is 0 Å². The first-order valence-corrected chi connectivity index (χ1v) is 7.06. The van der Waals surface area contributed by atoms with Crippen molar-refractivity contribution in [1.29, 1.82) is 0 Å². The van der Waals surface area contributed by atoms with Crippen molar-refractivity contribution in [3.8, 4) is 0 Å². The van der Waals surface area contributed by atoms with Crippen LogP contribution in [-0.4, -0.2) is 30.2 Å². The van der Waals surface area contributed by atoms with E-state index in [1.54, 1.807) is 0 Å². The Morgan fingerprint density at radius 1 is 1.12 bits per heavy atom. The molecule has 0 aromatic rings. The Balaban J connectivity index is 1.77. The third-order valence-electron chi connectivity index (χ3n) is 4.26. The Labute approximate surface area is 104 Å². The highest BCUT2D eigenvalue weighted by molar-refractivity contribution is 5.83. The number of carbonyl (C=O) groups excluding carboxylic acids is 1. The van der Waals surface area contributed by atoms with Gasteiger partial charge in [0.25, 0.3) is 0 Å². The van der Waals surface area contributed by atoms with Crippen molar-refractivity contribution in [2.24, 2.45) is 11.8 Å². The zero-order valence-electron chi connectivity index (χ0n) is 10.6. The fraction of sp³-hybridized carbons (Fsp3) is 0.929. The van der Waals surface area contributed by atoms with Crippen molar-refractivity contribution in [1.82, 2.24) is 0 Å². The molecule has 1 unspecified atom stereocenters. The number of hydrogen-bond donors (Lipinski definition) is 1. The second kappa shape index (κ2) is 6.50. The summed E-state index contributed by atoms with van der Waals surface area (Å²) in [5, 5.41) is 10.1. The quantitative estimate of drug-likeness (QED) is 0.820. The molecule has 0 bridgehead atoms. The first-order valence-electron chi connectivity index (χ1n) is 7.06. The molecule has 0 aromatic carbocycles. The standard InChI is InChI=1S/C14H24O3/c15-13(10-11-6-8-17-9-7-11)14(16)12-4-2-1-3-5-12/h11-12,14,16H,1-10H2. The second-order valence-corrected chi connectivity index (χ2v) is 5.57. The minimum absolute atomic E-state index is 0.0730. The predicted octanol–water partition coefficient (Wildman–Crippen LogP) is 2.31. The summed E-state index contributed by atoms with van der Waals surface area (Å²) in [5.74, 6) is 0.745. The molecule has 0 aromatic heterocycles. The fourth-order valence-electron chi connectivity index (χ4n) is 3.07. The molecule has 2 fully saturated rings. The van der Waals surface area contributed by atoms with E-state index in [1.165, 1.54) is 19.3 Å². The van der Waals surface area contributed by atoms with E-state index in [9.17, 15) is 9.90 Å². The molecule has 0 radical (unpaired) electrons. The number of aliphatic hydroxyl groups excluding tert-OH is 1. The molecule has 1 N–H and O–H groups in total. The van der Waals surface area contributed by atoms with Gasteiger partial charge >= 0.3 is 0 Å². The monoisotopic (exact) mass is 240 g/mol. The van der Waals surface area contributed by atoms with Gasteiger partial charge in [0.15, 0.2) is 5.78 Å². The smallest absolute Gasteiger partial charge is 0.161 e. The molecule has 2 aliphatic rings. The second-order valence-electron chi connectivity index (χ2n) is 5.57. The SMILES string of the molecule is O=C(CC1CCOCC1)C(O)C1CCCCC1. The Morgan fingerprint density at radius 2 is 1.76 bits per heavy atom. The maximum Gasteiger partial charge on any atom is 0.161 e. The molecular formula is C14H24O3. The third-order valence-corrected chi connectivity index (χ3v) is 4.26. The van der Waals surface area contributed by atoms with Crippen LogP contribution < -0.4 is 0 Å². The van der Waals surface area contributed by atoms with Crippen LogP contribution in [0.1, 0.15) is 51.4 Å². The van der Waals surface area contributed by atoms with Crippen LogP contribution in [0.15, 0.2) is 0 Å². The molecule has 0 amide bonds. The first-order chi connectivity index (χ1) is 8.27. The van der Waals surface area contributed by atoms with E-state index in [4.69, 9.17) is 4.74 Å². The summed E-state index contributed by atoms with van der Waals surface area (Å²) in [4.78, 5) is 12.0. The van der Waals surface area contributed by atoms with Gasteiger partial charge < -0.3 is 9.84 Å². The van der Waals surface area contributed by atoms with Crippen LogP contribution in [0.25, 0.3) is 0 Å². The number of ether oxygens (including phenoxy) is 1. The molecule has 1 heterocycles. The van der Waals surface area contributed by atoms with Gasteiger partial charge in [0.05, 0.1) is 0 Å². The summed E-state index contributed by atoms with van der Waals surface area (Å²) >= 11 is 0. The maximum atomic E-state index is 12.0. The van der Waals surface area contributed by atoms with Gasteiger partial charge in [-0.2, -0.15) is 0 Å². The zero-order chi connectivity index (χ0) is 12.1. The van der Waals surface area contributed by atoms with Gasteiger partial charge in [-0.05, 0) is 37.5 Å². The van der Waals surface area contributed by atoms with Crippen LogP contribution in [0.3, 0.4) is 0 Å². The summed E-state index contributed by atoms with van der Waals surface area (Å²) in [6.07, 6.45) is 7.48. The fourth-order valence-corrected chi connectivity index (χ4v) is 3.07. The molecular weight excluding hydrogens is 216 g/mol. The number of hydrogen-bond acceptors (Lipinski definition) is 3. The molecule has 3 nitrogen and oxygen atoms in total. The van der Waals surface area contributed by atoms with E-state index in [1.807, 2.05) is 0 Å². The number of aliphatic hydroxyl groups is 1. The van der Waals surface area contributed by atoms with Crippen LogP contribution in [-0.2, 0) is 9.53 Å². The average molecular weight is 240 g/mol. The number of rotatable bonds is 4. The minimum atomic E-state index is -0.696. The number of carbonyl (C=O) groups is 1. The van der Waals surface area contributed by atoms with Crippen LogP contribution in [0.2, 0.25) is 0 Å². The maximum absolute atomic E-state index is 12.0. The Bertz CT molecular complexity index is 240.